The van der Waals surface area contributed by atoms with Gasteiger partial charge in [0, 0.05) is 8.02 Å². The first-order valence-electron chi connectivity index (χ1n) is 3.35. The normalized spacial score (nSPS) is 14.6. The van der Waals surface area contributed by atoms with E-state index in [0.29, 0.717) is 5.56 Å². The van der Waals surface area contributed by atoms with Crippen molar-refractivity contribution < 1.29 is 2.74 Å². The van der Waals surface area contributed by atoms with Crippen molar-refractivity contribution in [3.8, 4) is 0 Å². The van der Waals surface area contributed by atoms with Gasteiger partial charge in [0.2, 0.25) is 0 Å². The molecule has 0 nitrogen and oxygen atoms in total. The van der Waals surface area contributed by atoms with Crippen molar-refractivity contribution in [1.82, 2.24) is 0 Å². The van der Waals surface area contributed by atoms with Crippen molar-refractivity contribution in [2.24, 2.45) is 0 Å². The summed E-state index contributed by atoms with van der Waals surface area (Å²) in [6.45, 7) is 0. The SMILES string of the molecule is [2H]C([2H])(Br)c1ccccc1. The van der Waals surface area contributed by atoms with Crippen molar-refractivity contribution in [2.45, 2.75) is 5.28 Å². The van der Waals surface area contributed by atoms with E-state index in [9.17, 15) is 0 Å². The molecule has 0 radical (unpaired) electrons. The molecule has 1 heteroatoms. The van der Waals surface area contributed by atoms with Crippen LogP contribution in [-0.4, -0.2) is 0 Å². The molecule has 0 N–H and O–H groups in total. The summed E-state index contributed by atoms with van der Waals surface area (Å²) in [5.74, 6) is 0. The molecule has 0 amide bonds. The van der Waals surface area contributed by atoms with Gasteiger partial charge in [-0.1, -0.05) is 46.3 Å². The molecule has 0 saturated carbocycles. The first-order valence-corrected chi connectivity index (χ1v) is 3.14. The zero-order valence-corrected chi connectivity index (χ0v) is 5.85. The molecule has 0 aromatic heterocycles. The van der Waals surface area contributed by atoms with Crippen molar-refractivity contribution >= 4 is 15.9 Å². The van der Waals surface area contributed by atoms with Crippen LogP contribution in [0.15, 0.2) is 30.3 Å². The second-order valence-electron chi connectivity index (χ2n) is 1.46. The number of rotatable bonds is 1. The minimum Gasteiger partial charge on any atom is -0.0876 e. The van der Waals surface area contributed by atoms with Crippen molar-refractivity contribution in [2.75, 3.05) is 0 Å². The Morgan fingerprint density at radius 1 is 1.38 bits per heavy atom. The van der Waals surface area contributed by atoms with Crippen LogP contribution in [0.3, 0.4) is 0 Å². The molecule has 0 aliphatic rings. The van der Waals surface area contributed by atoms with E-state index in [1.54, 1.807) is 12.1 Å². The molecule has 8 heavy (non-hydrogen) atoms. The van der Waals surface area contributed by atoms with Crippen LogP contribution in [0.5, 0.6) is 0 Å². The van der Waals surface area contributed by atoms with Gasteiger partial charge >= 0.3 is 0 Å². The molecular weight excluding hydrogens is 164 g/mol. The van der Waals surface area contributed by atoms with E-state index in [4.69, 9.17) is 2.74 Å². The highest BCUT2D eigenvalue weighted by Crippen LogP contribution is 2.02. The second kappa shape index (κ2) is 2.88. The van der Waals surface area contributed by atoms with E-state index in [2.05, 4.69) is 15.9 Å². The summed E-state index contributed by atoms with van der Waals surface area (Å²) in [5, 5.41) is -1.39. The Kier molecular flexibility index (Phi) is 1.32. The number of benzene rings is 1. The monoisotopic (exact) mass is 172 g/mol. The van der Waals surface area contributed by atoms with Gasteiger partial charge in [-0.15, -0.1) is 0 Å². The van der Waals surface area contributed by atoms with Gasteiger partial charge in [-0.05, 0) is 5.56 Å². The molecule has 1 aromatic carbocycles. The van der Waals surface area contributed by atoms with Gasteiger partial charge in [0.25, 0.3) is 0 Å². The van der Waals surface area contributed by atoms with Crippen LogP contribution in [0.2, 0.25) is 0 Å². The van der Waals surface area contributed by atoms with Crippen LogP contribution in [0.25, 0.3) is 0 Å². The minimum atomic E-state index is -1.39. The van der Waals surface area contributed by atoms with E-state index in [-0.39, 0.29) is 0 Å². The van der Waals surface area contributed by atoms with Gasteiger partial charge in [-0.2, -0.15) is 0 Å². The van der Waals surface area contributed by atoms with E-state index >= 15 is 0 Å². The van der Waals surface area contributed by atoms with E-state index in [0.717, 1.165) is 0 Å². The molecule has 0 spiro atoms. The second-order valence-corrected chi connectivity index (χ2v) is 1.86. The van der Waals surface area contributed by atoms with Crippen LogP contribution >= 0.6 is 15.9 Å². The van der Waals surface area contributed by atoms with Gasteiger partial charge in [-0.25, -0.2) is 0 Å². The van der Waals surface area contributed by atoms with Crippen LogP contribution in [0.1, 0.15) is 8.30 Å². The summed E-state index contributed by atoms with van der Waals surface area (Å²) in [7, 11) is 0. The lowest BCUT2D eigenvalue weighted by Crippen LogP contribution is -1.70. The lowest BCUT2D eigenvalue weighted by Gasteiger charge is -1.88. The number of halogens is 1. The topological polar surface area (TPSA) is 0 Å². The summed E-state index contributed by atoms with van der Waals surface area (Å²) in [6, 6.07) is 8.98. The van der Waals surface area contributed by atoms with E-state index < -0.39 is 5.28 Å². The molecule has 0 saturated heterocycles. The Morgan fingerprint density at radius 2 is 2.00 bits per heavy atom. The molecule has 0 fully saturated rings. The first kappa shape index (κ1) is 3.67. The van der Waals surface area contributed by atoms with Crippen molar-refractivity contribution in [3.05, 3.63) is 35.9 Å². The zero-order chi connectivity index (χ0) is 7.61. The van der Waals surface area contributed by atoms with Gasteiger partial charge in [-0.3, -0.25) is 0 Å². The first-order chi connectivity index (χ1) is 4.61. The van der Waals surface area contributed by atoms with Gasteiger partial charge in [0.1, 0.15) is 0 Å². The van der Waals surface area contributed by atoms with Crippen molar-refractivity contribution in [1.29, 1.82) is 0 Å². The van der Waals surface area contributed by atoms with E-state index in [1.807, 2.05) is 18.2 Å². The molecule has 0 unspecified atom stereocenters. The Balaban J connectivity index is 2.97. The average molecular weight is 173 g/mol. The summed E-state index contributed by atoms with van der Waals surface area (Å²) in [4.78, 5) is 0. The fraction of sp³-hybridized carbons (Fsp3) is 0.143. The highest BCUT2D eigenvalue weighted by atomic mass is 79.9. The fourth-order valence-electron chi connectivity index (χ4n) is 0.501. The number of hydrogen-bond acceptors (Lipinski definition) is 0. The molecule has 0 bridgehead atoms. The standard InChI is InChI=1S/C7H7Br/c8-6-7-4-2-1-3-5-7/h1-5H,6H2/i6D2. The average Bonchev–Trinajstić information content (AvgIpc) is 1.88. The summed E-state index contributed by atoms with van der Waals surface area (Å²) >= 11 is 2.92. The predicted octanol–water partition coefficient (Wildman–Crippen LogP) is 2.58. The third-order valence-corrected chi connectivity index (χ3v) is 1.34. The number of alkyl halides is 1. The maximum Gasteiger partial charge on any atom is 0.0437 e. The molecular formula is C7H7Br. The fourth-order valence-corrected chi connectivity index (χ4v) is 0.765. The van der Waals surface area contributed by atoms with Crippen LogP contribution in [0.4, 0.5) is 0 Å². The third-order valence-electron chi connectivity index (χ3n) is 0.883. The number of hydrogen-bond donors (Lipinski definition) is 0. The lowest BCUT2D eigenvalue weighted by atomic mass is 10.2. The zero-order valence-electron chi connectivity index (χ0n) is 6.26. The third kappa shape index (κ3) is 1.34. The Hall–Kier alpha value is -0.300. The van der Waals surface area contributed by atoms with Crippen LogP contribution in [0, 0.1) is 0 Å². The molecule has 0 atom stereocenters. The van der Waals surface area contributed by atoms with Gasteiger partial charge < -0.3 is 0 Å². The minimum absolute atomic E-state index is 0.648. The smallest absolute Gasteiger partial charge is 0.0437 e. The molecule has 0 aliphatic carbocycles. The Bertz CT molecular complexity index is 203. The largest absolute Gasteiger partial charge is 0.0876 e. The lowest BCUT2D eigenvalue weighted by molar-refractivity contribution is 1.44. The Labute approximate surface area is 60.5 Å². The maximum atomic E-state index is 7.26. The molecule has 0 aliphatic heterocycles. The Morgan fingerprint density at radius 3 is 2.38 bits per heavy atom. The summed E-state index contributed by atoms with van der Waals surface area (Å²) < 4.78 is 14.5. The van der Waals surface area contributed by atoms with Gasteiger partial charge in [0.15, 0.2) is 0 Å². The quantitative estimate of drug-likeness (QED) is 0.572. The molecule has 1 aromatic rings. The summed E-state index contributed by atoms with van der Waals surface area (Å²) in [6.07, 6.45) is 0. The predicted molar refractivity (Wildman–Crippen MR) is 39.1 cm³/mol. The molecule has 1 rings (SSSR count). The molecule has 0 heterocycles. The maximum absolute atomic E-state index is 7.26. The highest BCUT2D eigenvalue weighted by Gasteiger charge is 1.81. The van der Waals surface area contributed by atoms with Crippen molar-refractivity contribution in [3.63, 3.8) is 0 Å². The van der Waals surface area contributed by atoms with Crippen LogP contribution < -0.4 is 0 Å². The van der Waals surface area contributed by atoms with E-state index in [1.165, 1.54) is 0 Å². The van der Waals surface area contributed by atoms with Gasteiger partial charge in [0.05, 0.1) is 0 Å². The van der Waals surface area contributed by atoms with Crippen LogP contribution in [-0.2, 0) is 5.28 Å². The summed E-state index contributed by atoms with van der Waals surface area (Å²) in [5.41, 5.74) is 0.648. The highest BCUT2D eigenvalue weighted by molar-refractivity contribution is 9.08. The molecule has 42 valence electrons.